The van der Waals surface area contributed by atoms with E-state index in [0.29, 0.717) is 0 Å². The van der Waals surface area contributed by atoms with Crippen molar-refractivity contribution in [3.05, 3.63) is 23.8 Å². The molecule has 1 amide bonds. The summed E-state index contributed by atoms with van der Waals surface area (Å²) in [6, 6.07) is 4.28. The maximum atomic E-state index is 11.8. The quantitative estimate of drug-likeness (QED) is 0.855. The number of carbonyl (C=O) groups excluding carboxylic acids is 1. The van der Waals surface area contributed by atoms with Crippen LogP contribution in [-0.4, -0.2) is 47.5 Å². The smallest absolute Gasteiger partial charge is 0.253 e. The van der Waals surface area contributed by atoms with Gasteiger partial charge >= 0.3 is 0 Å². The number of amides is 1. The lowest BCUT2D eigenvalue weighted by atomic mass is 10.2. The topological polar surface area (TPSA) is 75.7 Å². The minimum atomic E-state index is -3.67. The third-order valence-corrected chi connectivity index (χ3v) is 3.81. The molecular weight excluding hydrogens is 256 g/mol. The van der Waals surface area contributed by atoms with E-state index in [1.54, 1.807) is 14.1 Å². The highest BCUT2D eigenvalue weighted by atomic mass is 32.2. The predicted octanol–water partition coefficient (Wildman–Crippen LogP) is 0.305. The number of rotatable bonds is 4. The van der Waals surface area contributed by atoms with Crippen LogP contribution in [0.2, 0.25) is 0 Å². The zero-order valence-electron chi connectivity index (χ0n) is 10.7. The fourth-order valence-corrected chi connectivity index (χ4v) is 2.31. The summed E-state index contributed by atoms with van der Waals surface area (Å²) < 4.78 is 30.8. The van der Waals surface area contributed by atoms with Crippen molar-refractivity contribution >= 4 is 15.9 Å². The van der Waals surface area contributed by atoms with Gasteiger partial charge in [0.15, 0.2) is 0 Å². The van der Waals surface area contributed by atoms with Crippen molar-refractivity contribution in [1.29, 1.82) is 0 Å². The van der Waals surface area contributed by atoms with E-state index in [0.717, 1.165) is 0 Å². The number of nitrogens with zero attached hydrogens (tertiary/aromatic N) is 1. The van der Waals surface area contributed by atoms with Crippen LogP contribution in [0.3, 0.4) is 0 Å². The van der Waals surface area contributed by atoms with E-state index in [2.05, 4.69) is 4.72 Å². The van der Waals surface area contributed by atoms with Crippen LogP contribution in [0.15, 0.2) is 23.1 Å². The highest BCUT2D eigenvalue weighted by molar-refractivity contribution is 7.89. The van der Waals surface area contributed by atoms with Crippen molar-refractivity contribution in [2.24, 2.45) is 0 Å². The first-order valence-electron chi connectivity index (χ1n) is 5.16. The van der Waals surface area contributed by atoms with Gasteiger partial charge < -0.3 is 9.64 Å². The summed E-state index contributed by atoms with van der Waals surface area (Å²) in [6.07, 6.45) is 0. The molecule has 1 rings (SSSR count). The Morgan fingerprint density at radius 1 is 1.33 bits per heavy atom. The number of methoxy groups -OCH3 is 1. The lowest BCUT2D eigenvalue weighted by Gasteiger charge is -2.13. The molecule has 6 nitrogen and oxygen atoms in total. The van der Waals surface area contributed by atoms with Crippen LogP contribution < -0.4 is 9.46 Å². The monoisotopic (exact) mass is 272 g/mol. The van der Waals surface area contributed by atoms with Crippen LogP contribution in [0, 0.1) is 0 Å². The minimum absolute atomic E-state index is 0.0554. The molecule has 100 valence electrons. The molecule has 0 saturated carbocycles. The van der Waals surface area contributed by atoms with Crippen LogP contribution in [0.25, 0.3) is 0 Å². The molecular formula is C11H16N2O4S. The van der Waals surface area contributed by atoms with Gasteiger partial charge in [-0.15, -0.1) is 0 Å². The van der Waals surface area contributed by atoms with E-state index < -0.39 is 10.0 Å². The van der Waals surface area contributed by atoms with Crippen LogP contribution in [0.1, 0.15) is 10.4 Å². The Kier molecular flexibility index (Phi) is 4.31. The van der Waals surface area contributed by atoms with Gasteiger partial charge in [0, 0.05) is 19.7 Å². The van der Waals surface area contributed by atoms with Gasteiger partial charge in [0.2, 0.25) is 10.0 Å². The van der Waals surface area contributed by atoms with E-state index in [9.17, 15) is 13.2 Å². The number of sulfonamides is 1. The number of hydrogen-bond donors (Lipinski definition) is 1. The Labute approximate surface area is 107 Å². The Hall–Kier alpha value is -1.60. The first kappa shape index (κ1) is 14.5. The van der Waals surface area contributed by atoms with Gasteiger partial charge in [0.05, 0.1) is 7.11 Å². The SMILES string of the molecule is CNS(=O)(=O)c1cc(C(=O)N(C)C)ccc1OC. The third kappa shape index (κ3) is 2.80. The van der Waals surface area contributed by atoms with Crippen molar-refractivity contribution < 1.29 is 17.9 Å². The molecule has 0 spiro atoms. The molecule has 1 N–H and O–H groups in total. The van der Waals surface area contributed by atoms with E-state index in [-0.39, 0.29) is 22.1 Å². The van der Waals surface area contributed by atoms with Gasteiger partial charge in [0.25, 0.3) is 5.91 Å². The van der Waals surface area contributed by atoms with Crippen LogP contribution in [0.4, 0.5) is 0 Å². The maximum absolute atomic E-state index is 11.8. The predicted molar refractivity (Wildman–Crippen MR) is 67.3 cm³/mol. The first-order valence-corrected chi connectivity index (χ1v) is 6.65. The average molecular weight is 272 g/mol. The Morgan fingerprint density at radius 3 is 2.39 bits per heavy atom. The molecule has 7 heteroatoms. The van der Waals surface area contributed by atoms with Gasteiger partial charge in [-0.1, -0.05) is 0 Å². The number of ether oxygens (including phenoxy) is 1. The second-order valence-corrected chi connectivity index (χ2v) is 5.63. The van der Waals surface area contributed by atoms with E-state index in [1.807, 2.05) is 0 Å². The molecule has 18 heavy (non-hydrogen) atoms. The lowest BCUT2D eigenvalue weighted by Crippen LogP contribution is -2.23. The fourth-order valence-electron chi connectivity index (χ4n) is 1.39. The fraction of sp³-hybridized carbons (Fsp3) is 0.364. The summed E-state index contributed by atoms with van der Waals surface area (Å²) in [7, 11) is 2.20. The highest BCUT2D eigenvalue weighted by Gasteiger charge is 2.20. The second kappa shape index (κ2) is 5.36. The molecule has 0 aromatic heterocycles. The summed E-state index contributed by atoms with van der Waals surface area (Å²) in [5, 5.41) is 0. The average Bonchev–Trinajstić information content (AvgIpc) is 2.36. The van der Waals surface area contributed by atoms with Gasteiger partial charge in [-0.2, -0.15) is 0 Å². The van der Waals surface area contributed by atoms with Crippen molar-refractivity contribution in [2.75, 3.05) is 28.3 Å². The minimum Gasteiger partial charge on any atom is -0.495 e. The van der Waals surface area contributed by atoms with Crippen molar-refractivity contribution in [1.82, 2.24) is 9.62 Å². The van der Waals surface area contributed by atoms with Gasteiger partial charge in [-0.25, -0.2) is 13.1 Å². The Bertz CT molecular complexity index is 552. The normalized spacial score (nSPS) is 11.1. The molecule has 0 aliphatic heterocycles. The molecule has 1 aromatic rings. The number of carbonyl (C=O) groups is 1. The molecule has 0 atom stereocenters. The molecule has 1 aromatic carbocycles. The van der Waals surface area contributed by atoms with Crippen LogP contribution >= 0.6 is 0 Å². The van der Waals surface area contributed by atoms with Crippen molar-refractivity contribution in [2.45, 2.75) is 4.90 Å². The van der Waals surface area contributed by atoms with E-state index >= 15 is 0 Å². The number of nitrogens with one attached hydrogen (secondary N) is 1. The zero-order valence-corrected chi connectivity index (χ0v) is 11.5. The van der Waals surface area contributed by atoms with E-state index in [4.69, 9.17) is 4.74 Å². The molecule has 0 aliphatic rings. The summed E-state index contributed by atoms with van der Waals surface area (Å²) in [6.45, 7) is 0. The standard InChI is InChI=1S/C11H16N2O4S/c1-12-18(15,16)10-7-8(11(14)13(2)3)5-6-9(10)17-4/h5-7,12H,1-4H3. The van der Waals surface area contributed by atoms with E-state index in [1.165, 1.54) is 37.3 Å². The van der Waals surface area contributed by atoms with Crippen molar-refractivity contribution in [3.63, 3.8) is 0 Å². The largest absolute Gasteiger partial charge is 0.495 e. The summed E-state index contributed by atoms with van der Waals surface area (Å²) in [4.78, 5) is 13.1. The molecule has 0 radical (unpaired) electrons. The Balaban J connectivity index is 3.40. The summed E-state index contributed by atoms with van der Waals surface area (Å²) in [5.41, 5.74) is 0.287. The molecule has 0 saturated heterocycles. The molecule has 0 fully saturated rings. The maximum Gasteiger partial charge on any atom is 0.253 e. The van der Waals surface area contributed by atoms with Crippen LogP contribution in [-0.2, 0) is 10.0 Å². The number of benzene rings is 1. The third-order valence-electron chi connectivity index (χ3n) is 2.38. The number of hydrogen-bond acceptors (Lipinski definition) is 4. The summed E-state index contributed by atoms with van der Waals surface area (Å²) >= 11 is 0. The lowest BCUT2D eigenvalue weighted by molar-refractivity contribution is 0.0827. The van der Waals surface area contributed by atoms with Gasteiger partial charge in [-0.05, 0) is 25.2 Å². The Morgan fingerprint density at radius 2 is 1.94 bits per heavy atom. The molecule has 0 unspecified atom stereocenters. The highest BCUT2D eigenvalue weighted by Crippen LogP contribution is 2.24. The molecule has 0 bridgehead atoms. The summed E-state index contributed by atoms with van der Waals surface area (Å²) in [5.74, 6) is -0.0788. The van der Waals surface area contributed by atoms with Crippen molar-refractivity contribution in [3.8, 4) is 5.75 Å². The molecule has 0 heterocycles. The molecule has 0 aliphatic carbocycles. The second-order valence-electron chi connectivity index (χ2n) is 3.77. The first-order chi connectivity index (χ1) is 8.33. The van der Waals surface area contributed by atoms with Gasteiger partial charge in [0.1, 0.15) is 10.6 Å². The zero-order chi connectivity index (χ0) is 13.9. The van der Waals surface area contributed by atoms with Crippen LogP contribution in [0.5, 0.6) is 5.75 Å². The van der Waals surface area contributed by atoms with Gasteiger partial charge in [-0.3, -0.25) is 4.79 Å².